The minimum Gasteiger partial charge on any atom is -0.452 e. The predicted molar refractivity (Wildman–Crippen MR) is 85.9 cm³/mol. The van der Waals surface area contributed by atoms with Crippen LogP contribution in [0.1, 0.15) is 34.6 Å². The zero-order valence-corrected chi connectivity index (χ0v) is 16.1. The molecule has 3 aliphatic heterocycles. The Balaban J connectivity index is 1.81. The summed E-state index contributed by atoms with van der Waals surface area (Å²) in [6, 6.07) is 0. The fourth-order valence-corrected chi connectivity index (χ4v) is 3.38. The molecule has 5 atom stereocenters. The van der Waals surface area contributed by atoms with Crippen LogP contribution in [0.4, 0.5) is 0 Å². The molecule has 3 fully saturated rings. The average molecular weight is 376 g/mol. The molecule has 26 heavy (non-hydrogen) atoms. The van der Waals surface area contributed by atoms with Crippen LogP contribution in [0.3, 0.4) is 0 Å². The summed E-state index contributed by atoms with van der Waals surface area (Å²) in [4.78, 5) is 12.5. The first-order chi connectivity index (χ1) is 12.1. The number of esters is 1. The third-order valence-electron chi connectivity index (χ3n) is 4.50. The smallest absolute Gasteiger partial charge is 0.335 e. The highest BCUT2D eigenvalue weighted by Crippen LogP contribution is 2.45. The fourth-order valence-electron chi connectivity index (χ4n) is 3.38. The quantitative estimate of drug-likeness (QED) is 0.513. The molecule has 0 aliphatic carbocycles. The van der Waals surface area contributed by atoms with Gasteiger partial charge in [0, 0.05) is 7.11 Å². The summed E-state index contributed by atoms with van der Waals surface area (Å²) in [5.74, 6) is -3.52. The number of carbonyl (C=O) groups is 1. The van der Waals surface area contributed by atoms with Crippen LogP contribution < -0.4 is 0 Å². The average Bonchev–Trinajstić information content (AvgIpc) is 3.03. The Morgan fingerprint density at radius 2 is 1.88 bits per heavy atom. The largest absolute Gasteiger partial charge is 0.452 e. The summed E-state index contributed by atoms with van der Waals surface area (Å²) in [5.41, 5.74) is 0. The summed E-state index contributed by atoms with van der Waals surface area (Å²) in [5, 5.41) is 0. The lowest BCUT2D eigenvalue weighted by Gasteiger charge is -2.43. The van der Waals surface area contributed by atoms with Crippen molar-refractivity contribution >= 4 is 5.97 Å². The molecule has 0 amide bonds. The van der Waals surface area contributed by atoms with Gasteiger partial charge in [-0.1, -0.05) is 0 Å². The molecular weight excluding hydrogens is 348 g/mol. The van der Waals surface area contributed by atoms with Crippen molar-refractivity contribution in [3.05, 3.63) is 0 Å². The van der Waals surface area contributed by atoms with Crippen LogP contribution in [-0.4, -0.2) is 74.9 Å². The molecule has 3 unspecified atom stereocenters. The predicted octanol–water partition coefficient (Wildman–Crippen LogP) is 0.937. The van der Waals surface area contributed by atoms with Gasteiger partial charge in [-0.3, -0.25) is 0 Å². The van der Waals surface area contributed by atoms with E-state index >= 15 is 0 Å². The van der Waals surface area contributed by atoms with Crippen LogP contribution in [0.2, 0.25) is 0 Å². The second-order valence-corrected chi connectivity index (χ2v) is 7.62. The Kier molecular flexibility index (Phi) is 5.35. The Bertz CT molecular complexity index is 532. The lowest BCUT2D eigenvalue weighted by atomic mass is 9.97. The molecule has 9 heteroatoms. The summed E-state index contributed by atoms with van der Waals surface area (Å²) in [6.07, 6.45) is -2.62. The van der Waals surface area contributed by atoms with Crippen LogP contribution in [0, 0.1) is 0 Å². The van der Waals surface area contributed by atoms with Crippen molar-refractivity contribution < 1.29 is 42.7 Å². The molecule has 0 aromatic heterocycles. The molecule has 1 spiro atoms. The molecule has 0 bridgehead atoms. The lowest BCUT2D eigenvalue weighted by Crippen LogP contribution is -2.63. The molecule has 9 nitrogen and oxygen atoms in total. The molecular formula is C17H28O9. The molecule has 150 valence electrons. The molecule has 3 saturated heterocycles. The van der Waals surface area contributed by atoms with E-state index in [1.807, 2.05) is 0 Å². The first-order valence-electron chi connectivity index (χ1n) is 8.72. The topological polar surface area (TPSA) is 90.9 Å². The Morgan fingerprint density at radius 1 is 1.15 bits per heavy atom. The highest BCUT2D eigenvalue weighted by molar-refractivity contribution is 5.74. The maximum absolute atomic E-state index is 12.5. The third-order valence-corrected chi connectivity index (χ3v) is 4.50. The van der Waals surface area contributed by atoms with E-state index in [4.69, 9.17) is 37.9 Å². The monoisotopic (exact) mass is 376 g/mol. The van der Waals surface area contributed by atoms with Crippen LogP contribution in [0.5, 0.6) is 0 Å². The van der Waals surface area contributed by atoms with E-state index in [9.17, 15) is 4.79 Å². The number of hydrogen-bond acceptors (Lipinski definition) is 9. The number of ether oxygens (including phenoxy) is 8. The summed E-state index contributed by atoms with van der Waals surface area (Å²) >= 11 is 0. The van der Waals surface area contributed by atoms with E-state index < -0.39 is 41.6 Å². The number of methoxy groups -OCH3 is 1. The molecule has 0 saturated carbocycles. The van der Waals surface area contributed by atoms with Crippen molar-refractivity contribution in [2.24, 2.45) is 0 Å². The number of fused-ring (bicyclic) bond motifs is 1. The minimum atomic E-state index is -1.26. The van der Waals surface area contributed by atoms with Gasteiger partial charge in [-0.15, -0.1) is 0 Å². The first-order valence-corrected chi connectivity index (χ1v) is 8.72. The van der Waals surface area contributed by atoms with Gasteiger partial charge in [-0.25, -0.2) is 4.79 Å². The van der Waals surface area contributed by atoms with Gasteiger partial charge in [0.15, 0.2) is 23.8 Å². The maximum Gasteiger partial charge on any atom is 0.335 e. The minimum absolute atomic E-state index is 0.0199. The van der Waals surface area contributed by atoms with Gasteiger partial charge < -0.3 is 37.9 Å². The maximum atomic E-state index is 12.5. The van der Waals surface area contributed by atoms with E-state index in [0.717, 1.165) is 0 Å². The standard InChI is InChI=1S/C17H28O9/c1-10(20-9-19-6)14(18)23-13-12-11(24-16(4,5)25-12)7-21-17(13)8-22-15(2,3)26-17/h10-13H,7-9H2,1-6H3/t10?,11-,12-,13?,17?/m1/s1. The van der Waals surface area contributed by atoms with E-state index in [0.29, 0.717) is 0 Å². The van der Waals surface area contributed by atoms with E-state index in [1.165, 1.54) is 7.11 Å². The lowest BCUT2D eigenvalue weighted by molar-refractivity contribution is -0.329. The van der Waals surface area contributed by atoms with Gasteiger partial charge in [-0.2, -0.15) is 0 Å². The van der Waals surface area contributed by atoms with Crippen molar-refractivity contribution in [2.45, 2.75) is 76.4 Å². The summed E-state index contributed by atoms with van der Waals surface area (Å²) in [6.45, 7) is 9.07. The van der Waals surface area contributed by atoms with Gasteiger partial charge in [-0.05, 0) is 34.6 Å². The van der Waals surface area contributed by atoms with Crippen molar-refractivity contribution in [1.29, 1.82) is 0 Å². The SMILES string of the molecule is COCOC(C)C(=O)OC1[C@@H]2OC(C)(C)O[C@@H]2COC12COC(C)(C)O2. The third kappa shape index (κ3) is 3.89. The highest BCUT2D eigenvalue weighted by atomic mass is 16.9. The van der Waals surface area contributed by atoms with Gasteiger partial charge in [0.25, 0.3) is 0 Å². The molecule has 3 aliphatic rings. The van der Waals surface area contributed by atoms with Gasteiger partial charge in [0.2, 0.25) is 5.79 Å². The van der Waals surface area contributed by atoms with E-state index in [1.54, 1.807) is 34.6 Å². The molecule has 3 rings (SSSR count). The molecule has 3 heterocycles. The van der Waals surface area contributed by atoms with E-state index in [-0.39, 0.29) is 26.1 Å². The Morgan fingerprint density at radius 3 is 2.50 bits per heavy atom. The first kappa shape index (κ1) is 19.9. The molecule has 0 radical (unpaired) electrons. The Hall–Kier alpha value is -0.810. The second-order valence-electron chi connectivity index (χ2n) is 7.62. The summed E-state index contributed by atoms with van der Waals surface area (Å²) < 4.78 is 45.3. The van der Waals surface area contributed by atoms with Crippen molar-refractivity contribution in [2.75, 3.05) is 27.1 Å². The van der Waals surface area contributed by atoms with Gasteiger partial charge in [0.1, 0.15) is 25.6 Å². The normalized spacial score (nSPS) is 38.9. The fraction of sp³-hybridized carbons (Fsp3) is 0.941. The van der Waals surface area contributed by atoms with Gasteiger partial charge >= 0.3 is 5.97 Å². The van der Waals surface area contributed by atoms with Crippen molar-refractivity contribution in [3.63, 3.8) is 0 Å². The van der Waals surface area contributed by atoms with Crippen LogP contribution in [-0.2, 0) is 42.7 Å². The Labute approximate surface area is 153 Å². The van der Waals surface area contributed by atoms with Crippen LogP contribution in [0.15, 0.2) is 0 Å². The highest BCUT2D eigenvalue weighted by Gasteiger charge is 2.64. The second kappa shape index (κ2) is 6.97. The summed E-state index contributed by atoms with van der Waals surface area (Å²) in [7, 11) is 1.48. The van der Waals surface area contributed by atoms with Gasteiger partial charge in [0.05, 0.1) is 6.61 Å². The number of carbonyl (C=O) groups excluding carboxylic acids is 1. The number of rotatable bonds is 5. The van der Waals surface area contributed by atoms with Crippen LogP contribution in [0.25, 0.3) is 0 Å². The zero-order chi connectivity index (χ0) is 19.2. The van der Waals surface area contributed by atoms with Crippen molar-refractivity contribution in [1.82, 2.24) is 0 Å². The molecule has 0 N–H and O–H groups in total. The zero-order valence-electron chi connectivity index (χ0n) is 16.1. The molecule has 0 aromatic carbocycles. The molecule has 0 aromatic rings. The van der Waals surface area contributed by atoms with Crippen molar-refractivity contribution in [3.8, 4) is 0 Å². The number of hydrogen-bond donors (Lipinski definition) is 0. The van der Waals surface area contributed by atoms with Crippen LogP contribution >= 0.6 is 0 Å². The van der Waals surface area contributed by atoms with E-state index in [2.05, 4.69) is 0 Å².